The Labute approximate surface area is 218 Å². The molecule has 37 heavy (non-hydrogen) atoms. The summed E-state index contributed by atoms with van der Waals surface area (Å²) in [4.78, 5) is 12.7. The Morgan fingerprint density at radius 3 is 1.22 bits per heavy atom. The SMILES string of the molecule is C=C(C)COc1ccc(-c2ccc(OC(=O)c3ccc(-c4ccc(OCC(=C)C)cc4)cc3)cc2)cc1. The molecule has 0 N–H and O–H groups in total. The molecule has 186 valence electrons. The molecule has 0 heterocycles. The van der Waals surface area contributed by atoms with Gasteiger partial charge in [-0.3, -0.25) is 0 Å². The molecule has 0 fully saturated rings. The van der Waals surface area contributed by atoms with E-state index in [4.69, 9.17) is 14.2 Å². The lowest BCUT2D eigenvalue weighted by atomic mass is 10.0. The molecular weight excluding hydrogens is 460 g/mol. The number of benzene rings is 4. The van der Waals surface area contributed by atoms with E-state index < -0.39 is 5.97 Å². The van der Waals surface area contributed by atoms with Crippen molar-refractivity contribution >= 4 is 5.97 Å². The minimum atomic E-state index is -0.401. The summed E-state index contributed by atoms with van der Waals surface area (Å²) < 4.78 is 16.9. The molecule has 0 saturated carbocycles. The zero-order valence-electron chi connectivity index (χ0n) is 21.2. The fourth-order valence-corrected chi connectivity index (χ4v) is 3.58. The van der Waals surface area contributed by atoms with Crippen LogP contribution in [-0.4, -0.2) is 19.2 Å². The molecule has 0 radical (unpaired) electrons. The molecule has 0 aliphatic carbocycles. The largest absolute Gasteiger partial charge is 0.489 e. The van der Waals surface area contributed by atoms with Gasteiger partial charge in [0, 0.05) is 0 Å². The summed E-state index contributed by atoms with van der Waals surface area (Å²) in [6.45, 7) is 12.5. The Morgan fingerprint density at radius 2 is 0.865 bits per heavy atom. The number of carbonyl (C=O) groups is 1. The van der Waals surface area contributed by atoms with Crippen molar-refractivity contribution in [1.82, 2.24) is 0 Å². The van der Waals surface area contributed by atoms with Gasteiger partial charge in [0.25, 0.3) is 0 Å². The molecule has 4 heteroatoms. The highest BCUT2D eigenvalue weighted by molar-refractivity contribution is 5.91. The highest BCUT2D eigenvalue weighted by atomic mass is 16.5. The smallest absolute Gasteiger partial charge is 0.343 e. The highest BCUT2D eigenvalue weighted by Crippen LogP contribution is 2.26. The number of hydrogen-bond acceptors (Lipinski definition) is 4. The van der Waals surface area contributed by atoms with Crippen molar-refractivity contribution in [2.24, 2.45) is 0 Å². The molecule has 0 aliphatic rings. The maximum absolute atomic E-state index is 12.7. The number of ether oxygens (including phenoxy) is 3. The van der Waals surface area contributed by atoms with Crippen LogP contribution in [0.4, 0.5) is 0 Å². The van der Waals surface area contributed by atoms with Crippen LogP contribution in [-0.2, 0) is 0 Å². The summed E-state index contributed by atoms with van der Waals surface area (Å²) in [5, 5.41) is 0. The molecule has 0 unspecified atom stereocenters. The summed E-state index contributed by atoms with van der Waals surface area (Å²) in [6, 6.07) is 30.5. The van der Waals surface area contributed by atoms with E-state index in [-0.39, 0.29) is 0 Å². The van der Waals surface area contributed by atoms with Gasteiger partial charge in [0.05, 0.1) is 5.56 Å². The molecular formula is C33H30O4. The molecule has 0 aliphatic heterocycles. The van der Waals surface area contributed by atoms with Gasteiger partial charge in [0.2, 0.25) is 0 Å². The third-order valence-electron chi connectivity index (χ3n) is 5.53. The first kappa shape index (κ1) is 25.5. The Balaban J connectivity index is 1.35. The first-order valence-electron chi connectivity index (χ1n) is 12.0. The molecule has 4 rings (SSSR count). The van der Waals surface area contributed by atoms with Crippen LogP contribution in [0.5, 0.6) is 17.2 Å². The molecule has 4 nitrogen and oxygen atoms in total. The Morgan fingerprint density at radius 1 is 0.541 bits per heavy atom. The lowest BCUT2D eigenvalue weighted by Gasteiger charge is -2.09. The van der Waals surface area contributed by atoms with E-state index in [9.17, 15) is 4.79 Å². The number of carbonyl (C=O) groups excluding carboxylic acids is 1. The average molecular weight is 491 g/mol. The van der Waals surface area contributed by atoms with Gasteiger partial charge in [0.1, 0.15) is 30.5 Å². The van der Waals surface area contributed by atoms with Crippen molar-refractivity contribution in [2.45, 2.75) is 13.8 Å². The van der Waals surface area contributed by atoms with Gasteiger partial charge < -0.3 is 14.2 Å². The first-order valence-corrected chi connectivity index (χ1v) is 12.0. The van der Waals surface area contributed by atoms with Crippen LogP contribution in [0.3, 0.4) is 0 Å². The van der Waals surface area contributed by atoms with E-state index in [1.807, 2.05) is 86.6 Å². The summed E-state index contributed by atoms with van der Waals surface area (Å²) in [5.74, 6) is 1.68. The predicted octanol–water partition coefficient (Wildman–Crippen LogP) is 8.15. The summed E-state index contributed by atoms with van der Waals surface area (Å²) in [6.07, 6.45) is 0. The van der Waals surface area contributed by atoms with Gasteiger partial charge in [-0.2, -0.15) is 0 Å². The van der Waals surface area contributed by atoms with Crippen LogP contribution < -0.4 is 14.2 Å². The topological polar surface area (TPSA) is 44.8 Å². The van der Waals surface area contributed by atoms with Crippen LogP contribution in [0.2, 0.25) is 0 Å². The lowest BCUT2D eigenvalue weighted by Crippen LogP contribution is -2.08. The Kier molecular flexibility index (Phi) is 8.22. The van der Waals surface area contributed by atoms with E-state index in [0.717, 1.165) is 44.9 Å². The Hall–Kier alpha value is -4.57. The minimum Gasteiger partial charge on any atom is -0.489 e. The van der Waals surface area contributed by atoms with E-state index in [1.54, 1.807) is 24.3 Å². The molecule has 0 aromatic heterocycles. The van der Waals surface area contributed by atoms with Crippen molar-refractivity contribution in [3.8, 4) is 39.5 Å². The second-order valence-corrected chi connectivity index (χ2v) is 9.03. The molecule has 0 saturated heterocycles. The molecule has 0 atom stereocenters. The van der Waals surface area contributed by atoms with Crippen LogP contribution in [0.15, 0.2) is 121 Å². The van der Waals surface area contributed by atoms with E-state index in [2.05, 4.69) is 13.2 Å². The third kappa shape index (κ3) is 7.21. The maximum Gasteiger partial charge on any atom is 0.343 e. The van der Waals surface area contributed by atoms with Gasteiger partial charge in [-0.05, 0) is 95.8 Å². The minimum absolute atomic E-state index is 0.401. The lowest BCUT2D eigenvalue weighted by molar-refractivity contribution is 0.0735. The summed E-state index contributed by atoms with van der Waals surface area (Å²) in [7, 11) is 0. The maximum atomic E-state index is 12.7. The second-order valence-electron chi connectivity index (χ2n) is 9.03. The van der Waals surface area contributed by atoms with Gasteiger partial charge in [-0.1, -0.05) is 61.7 Å². The van der Waals surface area contributed by atoms with Crippen molar-refractivity contribution in [3.05, 3.63) is 127 Å². The van der Waals surface area contributed by atoms with E-state index >= 15 is 0 Å². The van der Waals surface area contributed by atoms with E-state index in [1.165, 1.54) is 0 Å². The van der Waals surface area contributed by atoms with Crippen LogP contribution in [0.1, 0.15) is 24.2 Å². The normalized spacial score (nSPS) is 10.4. The van der Waals surface area contributed by atoms with Crippen LogP contribution >= 0.6 is 0 Å². The van der Waals surface area contributed by atoms with Crippen LogP contribution in [0, 0.1) is 0 Å². The Bertz CT molecular complexity index is 1360. The van der Waals surface area contributed by atoms with Crippen molar-refractivity contribution in [1.29, 1.82) is 0 Å². The molecule has 0 amide bonds. The summed E-state index contributed by atoms with van der Waals surface area (Å²) >= 11 is 0. The van der Waals surface area contributed by atoms with Crippen LogP contribution in [0.25, 0.3) is 22.3 Å². The van der Waals surface area contributed by atoms with Gasteiger partial charge in [0.15, 0.2) is 0 Å². The van der Waals surface area contributed by atoms with Crippen molar-refractivity contribution < 1.29 is 19.0 Å². The molecule has 0 spiro atoms. The van der Waals surface area contributed by atoms with Gasteiger partial charge in [-0.25, -0.2) is 4.79 Å². The number of esters is 1. The highest BCUT2D eigenvalue weighted by Gasteiger charge is 2.10. The zero-order valence-corrected chi connectivity index (χ0v) is 21.2. The predicted molar refractivity (Wildman–Crippen MR) is 149 cm³/mol. The second kappa shape index (κ2) is 11.9. The number of rotatable bonds is 10. The van der Waals surface area contributed by atoms with Gasteiger partial charge in [-0.15, -0.1) is 0 Å². The molecule has 4 aromatic rings. The average Bonchev–Trinajstić information content (AvgIpc) is 2.92. The fourth-order valence-electron chi connectivity index (χ4n) is 3.58. The third-order valence-corrected chi connectivity index (χ3v) is 5.53. The first-order chi connectivity index (χ1) is 17.9. The molecule has 4 aromatic carbocycles. The molecule has 0 bridgehead atoms. The monoisotopic (exact) mass is 490 g/mol. The number of hydrogen-bond donors (Lipinski definition) is 0. The summed E-state index contributed by atoms with van der Waals surface area (Å²) in [5.41, 5.74) is 6.54. The van der Waals surface area contributed by atoms with Gasteiger partial charge >= 0.3 is 5.97 Å². The fraction of sp³-hybridized carbons (Fsp3) is 0.121. The van der Waals surface area contributed by atoms with Crippen molar-refractivity contribution in [3.63, 3.8) is 0 Å². The standard InChI is InChI=1S/C33H30O4/c1-23(2)21-35-30-15-9-26(10-16-30)25-5-7-29(8-6-25)33(34)37-32-19-13-28(14-20-32)27-11-17-31(18-12-27)36-22-24(3)4/h5-20H,1,3,21-22H2,2,4H3. The van der Waals surface area contributed by atoms with Crippen molar-refractivity contribution in [2.75, 3.05) is 13.2 Å². The van der Waals surface area contributed by atoms with E-state index in [0.29, 0.717) is 24.5 Å². The zero-order chi connectivity index (χ0) is 26.2. The quantitative estimate of drug-likeness (QED) is 0.128.